The van der Waals surface area contributed by atoms with Gasteiger partial charge in [0.25, 0.3) is 0 Å². The molecule has 0 heterocycles. The van der Waals surface area contributed by atoms with E-state index in [0.29, 0.717) is 34.9 Å². The summed E-state index contributed by atoms with van der Waals surface area (Å²) in [6, 6.07) is 0. The summed E-state index contributed by atoms with van der Waals surface area (Å²) in [5, 5.41) is 20.7. The Kier molecular flexibility index (Phi) is 1.52. The Morgan fingerprint density at radius 1 is 0.500 bits per heavy atom. The Hall–Kier alpha value is -0.0800. The summed E-state index contributed by atoms with van der Waals surface area (Å²) in [5.74, 6) is 0. The highest BCUT2D eigenvalue weighted by Gasteiger charge is 3.34. The van der Waals surface area contributed by atoms with Crippen LogP contribution in [0.5, 0.6) is 0 Å². The molecule has 7 aliphatic carbocycles. The van der Waals surface area contributed by atoms with Crippen molar-refractivity contribution in [2.75, 3.05) is 13.2 Å². The van der Waals surface area contributed by atoms with E-state index < -0.39 is 0 Å². The average molecular weight is 274 g/mol. The quantitative estimate of drug-likeness (QED) is 0.813. The number of hydrogen-bond acceptors (Lipinski definition) is 2. The van der Waals surface area contributed by atoms with Gasteiger partial charge in [-0.05, 0) is 47.3 Å². The molecule has 0 aromatic rings. The molecule has 2 nitrogen and oxygen atoms in total. The van der Waals surface area contributed by atoms with Crippen molar-refractivity contribution >= 4 is 0 Å². The average Bonchev–Trinajstić information content (AvgIpc) is 3.12. The van der Waals surface area contributed by atoms with Gasteiger partial charge in [0.15, 0.2) is 0 Å². The molecular formula is C18H26O2. The van der Waals surface area contributed by atoms with Gasteiger partial charge < -0.3 is 10.2 Å². The molecule has 0 bridgehead atoms. The lowest BCUT2D eigenvalue weighted by atomic mass is 9.53. The molecule has 0 aromatic carbocycles. The van der Waals surface area contributed by atoms with Gasteiger partial charge in [0.2, 0.25) is 0 Å². The summed E-state index contributed by atoms with van der Waals surface area (Å²) in [5.41, 5.74) is 2.32. The lowest BCUT2D eigenvalue weighted by Gasteiger charge is -2.50. The summed E-state index contributed by atoms with van der Waals surface area (Å²) in [7, 11) is 0. The summed E-state index contributed by atoms with van der Waals surface area (Å²) < 4.78 is 0. The van der Waals surface area contributed by atoms with Crippen molar-refractivity contribution in [3.05, 3.63) is 0 Å². The number of aliphatic hydroxyl groups is 2. The van der Waals surface area contributed by atoms with Crippen molar-refractivity contribution in [3.63, 3.8) is 0 Å². The fraction of sp³-hybridized carbons (Fsp3) is 1.00. The summed E-state index contributed by atoms with van der Waals surface area (Å²) in [6.07, 6.45) is 13.8. The highest BCUT2D eigenvalue weighted by molar-refractivity contribution is 5.79. The van der Waals surface area contributed by atoms with E-state index in [2.05, 4.69) is 0 Å². The van der Waals surface area contributed by atoms with Gasteiger partial charge in [-0.25, -0.2) is 0 Å². The molecule has 7 fully saturated rings. The van der Waals surface area contributed by atoms with Crippen LogP contribution in [0.4, 0.5) is 0 Å². The highest BCUT2D eigenvalue weighted by atomic mass is 16.3. The summed E-state index contributed by atoms with van der Waals surface area (Å²) in [6.45, 7) is 0.744. The van der Waals surface area contributed by atoms with Crippen LogP contribution in [0, 0.1) is 32.5 Å². The topological polar surface area (TPSA) is 40.5 Å². The molecule has 0 unspecified atom stereocenters. The Morgan fingerprint density at radius 2 is 0.800 bits per heavy atom. The zero-order valence-corrected chi connectivity index (χ0v) is 12.4. The highest BCUT2D eigenvalue weighted by Crippen LogP contribution is 3.35. The molecule has 4 spiro atoms. The lowest BCUT2D eigenvalue weighted by molar-refractivity contribution is -0.0953. The van der Waals surface area contributed by atoms with Gasteiger partial charge in [-0.3, -0.25) is 0 Å². The first-order chi connectivity index (χ1) is 9.79. The Bertz CT molecular complexity index is 442. The first-order valence-corrected chi connectivity index (χ1v) is 9.00. The SMILES string of the molecule is OCC12C3(CO)C45CCCCCC14C21CCCCCC315. The first kappa shape index (κ1) is 11.5. The molecule has 0 aliphatic heterocycles. The maximum Gasteiger partial charge on any atom is 0.0505 e. The van der Waals surface area contributed by atoms with Crippen LogP contribution in [0.25, 0.3) is 0 Å². The fourth-order valence-corrected chi connectivity index (χ4v) is 11.0. The standard InChI is InChI=1S/C18H26O2/c19-11-17-13-7-3-1-4-8-14(13)16(18(14,17)12-20)10-6-2-5-9-15(13,16)17/h19-20H,1-12H2. The molecular weight excluding hydrogens is 248 g/mol. The van der Waals surface area contributed by atoms with Crippen molar-refractivity contribution in [2.45, 2.75) is 64.2 Å². The third kappa shape index (κ3) is 0.484. The molecule has 0 radical (unpaired) electrons. The molecule has 2 N–H and O–H groups in total. The van der Waals surface area contributed by atoms with Crippen LogP contribution >= 0.6 is 0 Å². The molecule has 2 heteroatoms. The van der Waals surface area contributed by atoms with Crippen molar-refractivity contribution in [2.24, 2.45) is 32.5 Å². The molecule has 0 saturated heterocycles. The smallest absolute Gasteiger partial charge is 0.0505 e. The predicted octanol–water partition coefficient (Wildman–Crippen LogP) is 2.87. The van der Waals surface area contributed by atoms with Gasteiger partial charge in [-0.1, -0.05) is 38.5 Å². The maximum atomic E-state index is 10.3. The van der Waals surface area contributed by atoms with Crippen LogP contribution < -0.4 is 0 Å². The molecule has 7 aliphatic rings. The lowest BCUT2D eigenvalue weighted by Crippen LogP contribution is -2.51. The maximum absolute atomic E-state index is 10.3. The second-order valence-corrected chi connectivity index (χ2v) is 8.87. The van der Waals surface area contributed by atoms with E-state index in [1.807, 2.05) is 0 Å². The number of aliphatic hydroxyl groups excluding tert-OH is 2. The number of rotatable bonds is 2. The second kappa shape index (κ2) is 2.65. The monoisotopic (exact) mass is 274 g/mol. The number of hydrogen-bond donors (Lipinski definition) is 2. The van der Waals surface area contributed by atoms with E-state index in [0.717, 1.165) is 0 Å². The fourth-order valence-electron chi connectivity index (χ4n) is 11.0. The van der Waals surface area contributed by atoms with Gasteiger partial charge >= 0.3 is 0 Å². The molecule has 7 rings (SSSR count). The molecule has 7 saturated carbocycles. The largest absolute Gasteiger partial charge is 0.396 e. The van der Waals surface area contributed by atoms with Gasteiger partial charge in [0, 0.05) is 10.8 Å². The van der Waals surface area contributed by atoms with Crippen LogP contribution in [0.1, 0.15) is 64.2 Å². The molecule has 0 aromatic heterocycles. The third-order valence-corrected chi connectivity index (χ3v) is 10.1. The molecule has 0 amide bonds. The van der Waals surface area contributed by atoms with E-state index in [4.69, 9.17) is 0 Å². The van der Waals surface area contributed by atoms with E-state index in [1.165, 1.54) is 64.2 Å². The van der Waals surface area contributed by atoms with E-state index >= 15 is 0 Å². The van der Waals surface area contributed by atoms with Gasteiger partial charge in [0.05, 0.1) is 13.2 Å². The minimum atomic E-state index is 0.177. The minimum absolute atomic E-state index is 0.177. The van der Waals surface area contributed by atoms with Crippen LogP contribution in [-0.2, 0) is 0 Å². The van der Waals surface area contributed by atoms with Crippen LogP contribution in [0.2, 0.25) is 0 Å². The Balaban J connectivity index is 1.61. The van der Waals surface area contributed by atoms with E-state index in [1.54, 1.807) is 0 Å². The van der Waals surface area contributed by atoms with Crippen molar-refractivity contribution in [3.8, 4) is 0 Å². The Labute approximate surface area is 120 Å². The zero-order valence-electron chi connectivity index (χ0n) is 12.4. The molecule has 20 heavy (non-hydrogen) atoms. The predicted molar refractivity (Wildman–Crippen MR) is 74.9 cm³/mol. The molecule has 0 atom stereocenters. The third-order valence-electron chi connectivity index (χ3n) is 10.1. The van der Waals surface area contributed by atoms with Gasteiger partial charge in [0.1, 0.15) is 0 Å². The minimum Gasteiger partial charge on any atom is -0.396 e. The zero-order chi connectivity index (χ0) is 13.5. The van der Waals surface area contributed by atoms with Crippen LogP contribution in [0.3, 0.4) is 0 Å². The summed E-state index contributed by atoms with van der Waals surface area (Å²) in [4.78, 5) is 0. The normalized spacial score (nSPS) is 71.1. The van der Waals surface area contributed by atoms with E-state index in [9.17, 15) is 10.2 Å². The second-order valence-electron chi connectivity index (χ2n) is 8.87. The van der Waals surface area contributed by atoms with Crippen molar-refractivity contribution in [1.29, 1.82) is 0 Å². The van der Waals surface area contributed by atoms with E-state index in [-0.39, 0.29) is 10.8 Å². The van der Waals surface area contributed by atoms with Crippen LogP contribution in [0.15, 0.2) is 0 Å². The van der Waals surface area contributed by atoms with Crippen molar-refractivity contribution in [1.82, 2.24) is 0 Å². The Morgan fingerprint density at radius 3 is 1.05 bits per heavy atom. The molecule has 110 valence electrons. The van der Waals surface area contributed by atoms with Crippen LogP contribution in [-0.4, -0.2) is 23.4 Å². The van der Waals surface area contributed by atoms with Crippen molar-refractivity contribution < 1.29 is 10.2 Å². The van der Waals surface area contributed by atoms with Gasteiger partial charge in [-0.15, -0.1) is 0 Å². The van der Waals surface area contributed by atoms with Gasteiger partial charge in [-0.2, -0.15) is 0 Å². The summed E-state index contributed by atoms with van der Waals surface area (Å²) >= 11 is 0. The first-order valence-electron chi connectivity index (χ1n) is 9.00.